The van der Waals surface area contributed by atoms with Crippen LogP contribution in [0.15, 0.2) is 136 Å². The summed E-state index contributed by atoms with van der Waals surface area (Å²) in [4.78, 5) is 3.79. The molecule has 3 heterocycles. The summed E-state index contributed by atoms with van der Waals surface area (Å²) in [7, 11) is 0. The zero-order chi connectivity index (χ0) is 41.1. The Bertz CT molecular complexity index is 2390. The van der Waals surface area contributed by atoms with E-state index in [1.807, 2.05) is 36.0 Å². The normalized spacial score (nSPS) is 17.7. The van der Waals surface area contributed by atoms with Crippen LogP contribution in [-0.2, 0) is 17.3 Å². The molecule has 7 heteroatoms. The molecule has 0 aliphatic carbocycles. The molecule has 0 radical (unpaired) electrons. The molecule has 0 spiro atoms. The maximum Gasteiger partial charge on any atom is 0.163 e. The van der Waals surface area contributed by atoms with Gasteiger partial charge in [-0.1, -0.05) is 120 Å². The first-order valence-electron chi connectivity index (χ1n) is 20.1. The molecule has 3 atom stereocenters. The Morgan fingerprint density at radius 3 is 1.38 bits per heavy atom. The minimum atomic E-state index is -0.752. The molecule has 300 valence electrons. The summed E-state index contributed by atoms with van der Waals surface area (Å²) in [5.41, 5.74) is 9.85. The predicted molar refractivity (Wildman–Crippen MR) is 237 cm³/mol. The van der Waals surface area contributed by atoms with Crippen molar-refractivity contribution >= 4 is 35.3 Å². The average molecular weight is 835 g/mol. The van der Waals surface area contributed by atoms with Crippen LogP contribution in [0.4, 0.5) is 17.6 Å². The summed E-state index contributed by atoms with van der Waals surface area (Å²) in [6.45, 7) is 13.2. The number of benzene rings is 6. The van der Waals surface area contributed by atoms with E-state index in [-0.39, 0.29) is 23.5 Å². The Balaban J connectivity index is 0.000000132. The Morgan fingerprint density at radius 1 is 0.414 bits per heavy atom. The second kappa shape index (κ2) is 18.6. The van der Waals surface area contributed by atoms with Crippen LogP contribution in [0.3, 0.4) is 0 Å². The topological polar surface area (TPSA) is 0 Å². The summed E-state index contributed by atoms with van der Waals surface area (Å²) < 4.78 is 55.2. The number of halogens is 4. The molecular formula is C51H50F4S3. The Labute approximate surface area is 354 Å². The Kier molecular flexibility index (Phi) is 13.5. The summed E-state index contributed by atoms with van der Waals surface area (Å²) in [6.07, 6.45) is 0. The fourth-order valence-corrected chi connectivity index (χ4v) is 12.2. The van der Waals surface area contributed by atoms with Crippen LogP contribution >= 0.6 is 35.3 Å². The lowest BCUT2D eigenvalue weighted by Crippen LogP contribution is -2.11. The molecule has 6 aromatic rings. The van der Waals surface area contributed by atoms with Crippen molar-refractivity contribution in [2.45, 2.75) is 91.2 Å². The number of thioether (sulfide) groups is 3. The lowest BCUT2D eigenvalue weighted by atomic mass is 9.80. The van der Waals surface area contributed by atoms with Gasteiger partial charge < -0.3 is 0 Å². The van der Waals surface area contributed by atoms with E-state index in [9.17, 15) is 17.6 Å². The molecule has 0 N–H and O–H groups in total. The van der Waals surface area contributed by atoms with Gasteiger partial charge in [0.2, 0.25) is 0 Å². The molecule has 0 amide bonds. The van der Waals surface area contributed by atoms with Crippen LogP contribution in [0.2, 0.25) is 0 Å². The quantitative estimate of drug-likeness (QED) is 0.163. The first-order chi connectivity index (χ1) is 27.9. The van der Waals surface area contributed by atoms with Crippen LogP contribution in [-0.4, -0.2) is 0 Å². The molecule has 0 saturated heterocycles. The second-order valence-electron chi connectivity index (χ2n) is 16.2. The predicted octanol–water partition coefficient (Wildman–Crippen LogP) is 15.8. The van der Waals surface area contributed by atoms with Gasteiger partial charge in [0.15, 0.2) is 11.6 Å². The third-order valence-corrected chi connectivity index (χ3v) is 14.8. The van der Waals surface area contributed by atoms with Crippen molar-refractivity contribution in [2.75, 3.05) is 0 Å². The average Bonchev–Trinajstić information content (AvgIpc) is 3.57. The molecule has 3 aliphatic rings. The van der Waals surface area contributed by atoms with Crippen molar-refractivity contribution in [2.24, 2.45) is 17.8 Å². The van der Waals surface area contributed by atoms with Crippen molar-refractivity contribution in [3.05, 3.63) is 195 Å². The fraction of sp³-hybridized carbons (Fsp3) is 0.294. The van der Waals surface area contributed by atoms with E-state index in [0.29, 0.717) is 35.0 Å². The maximum absolute atomic E-state index is 14.1. The van der Waals surface area contributed by atoms with Crippen LogP contribution < -0.4 is 0 Å². The van der Waals surface area contributed by atoms with Gasteiger partial charge in [-0.15, -0.1) is 35.3 Å². The number of hydrogen-bond acceptors (Lipinski definition) is 3. The lowest BCUT2D eigenvalue weighted by Gasteiger charge is -2.23. The van der Waals surface area contributed by atoms with Gasteiger partial charge in [0.1, 0.15) is 11.6 Å². The van der Waals surface area contributed by atoms with Crippen molar-refractivity contribution in [3.8, 4) is 0 Å². The number of fused-ring (bicyclic) bond motifs is 6. The third-order valence-electron chi connectivity index (χ3n) is 11.4. The van der Waals surface area contributed by atoms with Gasteiger partial charge in [0, 0.05) is 60.8 Å². The van der Waals surface area contributed by atoms with Gasteiger partial charge in [0.05, 0.1) is 0 Å². The number of rotatable bonds is 3. The molecule has 9 rings (SSSR count). The van der Waals surface area contributed by atoms with Gasteiger partial charge in [-0.25, -0.2) is 17.6 Å². The van der Waals surface area contributed by atoms with Gasteiger partial charge in [0.25, 0.3) is 0 Å². The molecule has 0 saturated carbocycles. The van der Waals surface area contributed by atoms with Crippen molar-refractivity contribution in [1.82, 2.24) is 0 Å². The zero-order valence-corrected chi connectivity index (χ0v) is 36.3. The lowest BCUT2D eigenvalue weighted by molar-refractivity contribution is 0.492. The summed E-state index contributed by atoms with van der Waals surface area (Å²) in [5, 5.41) is 0. The third kappa shape index (κ3) is 8.83. The molecule has 3 aliphatic heterocycles. The molecular weight excluding hydrogens is 785 g/mol. The van der Waals surface area contributed by atoms with E-state index < -0.39 is 11.6 Å². The van der Waals surface area contributed by atoms with Gasteiger partial charge in [-0.2, -0.15) is 0 Å². The highest BCUT2D eigenvalue weighted by molar-refractivity contribution is 7.99. The molecule has 6 aromatic carbocycles. The summed E-state index contributed by atoms with van der Waals surface area (Å²) in [5.74, 6) is 2.49. The molecule has 0 aromatic heterocycles. The van der Waals surface area contributed by atoms with Gasteiger partial charge in [-0.05, 0) is 99.2 Å². The first kappa shape index (κ1) is 42.2. The summed E-state index contributed by atoms with van der Waals surface area (Å²) >= 11 is 5.15. The van der Waals surface area contributed by atoms with Crippen molar-refractivity contribution in [3.63, 3.8) is 0 Å². The number of hydrogen-bond donors (Lipinski definition) is 0. The minimum Gasteiger partial charge on any atom is -0.207 e. The van der Waals surface area contributed by atoms with Crippen LogP contribution in [0.5, 0.6) is 0 Å². The van der Waals surface area contributed by atoms with E-state index in [2.05, 4.69) is 108 Å². The molecule has 0 unspecified atom stereocenters. The standard InChI is InChI=1S/C17H16F2S.2C17H17FS/c1-10(2)16-11-7-8-14(18)17(19)13(11)9-20-15-6-4-3-5-12(15)16;1-11(2)17-12-7-5-8-15(18)14(12)10-19-16-9-4-3-6-13(16)17;1-11(2)17-14-8-7-13(18)9-12(14)10-19-16-6-4-3-5-15(16)17/h3-8,10,16H,9H2,1-2H3;2*3-9,11,17H,10H2,1-2H3/t16-;2*17-/m000/s1. The Hall–Kier alpha value is -3.91. The molecule has 58 heavy (non-hydrogen) atoms. The Morgan fingerprint density at radius 2 is 0.845 bits per heavy atom. The molecule has 0 nitrogen and oxygen atoms in total. The second-order valence-corrected chi connectivity index (χ2v) is 19.3. The van der Waals surface area contributed by atoms with Crippen LogP contribution in [0.25, 0.3) is 0 Å². The highest BCUT2D eigenvalue weighted by Gasteiger charge is 2.30. The van der Waals surface area contributed by atoms with Gasteiger partial charge >= 0.3 is 0 Å². The largest absolute Gasteiger partial charge is 0.207 e. The minimum absolute atomic E-state index is 0.0662. The fourth-order valence-electron chi connectivity index (χ4n) is 8.79. The zero-order valence-electron chi connectivity index (χ0n) is 33.9. The van der Waals surface area contributed by atoms with E-state index >= 15 is 0 Å². The van der Waals surface area contributed by atoms with E-state index in [1.54, 1.807) is 47.8 Å². The smallest absolute Gasteiger partial charge is 0.163 e. The monoisotopic (exact) mass is 834 g/mol. The maximum atomic E-state index is 14.1. The molecule has 0 bridgehead atoms. The van der Waals surface area contributed by atoms with Crippen molar-refractivity contribution < 1.29 is 17.6 Å². The highest BCUT2D eigenvalue weighted by Crippen LogP contribution is 2.47. The SMILES string of the molecule is CC(C)[C@@H]1c2ccccc2SCc2c(F)cccc21.CC(C)[C@@H]1c2ccccc2SCc2c1ccc(F)c2F.CC(C)[C@H]1c2ccc(F)cc2CSc2ccccc21. The van der Waals surface area contributed by atoms with E-state index in [1.165, 1.54) is 43.0 Å². The van der Waals surface area contributed by atoms with E-state index in [0.717, 1.165) is 33.8 Å². The van der Waals surface area contributed by atoms with Crippen LogP contribution in [0.1, 0.15) is 109 Å². The summed E-state index contributed by atoms with van der Waals surface area (Å²) in [6, 6.07) is 39.0. The van der Waals surface area contributed by atoms with Crippen LogP contribution in [0, 0.1) is 41.0 Å². The van der Waals surface area contributed by atoms with Gasteiger partial charge in [-0.3, -0.25) is 0 Å². The molecule has 0 fully saturated rings. The first-order valence-corrected chi connectivity index (χ1v) is 23.1. The van der Waals surface area contributed by atoms with E-state index in [4.69, 9.17) is 0 Å². The highest BCUT2D eigenvalue weighted by atomic mass is 32.2. The van der Waals surface area contributed by atoms with Crippen molar-refractivity contribution in [1.29, 1.82) is 0 Å².